The van der Waals surface area contributed by atoms with Gasteiger partial charge in [-0.05, 0) is 29.8 Å². The average Bonchev–Trinajstić information content (AvgIpc) is 2.38. The number of hydrogen-bond acceptors (Lipinski definition) is 4. The van der Waals surface area contributed by atoms with E-state index in [9.17, 15) is 0 Å². The zero-order valence-corrected chi connectivity index (χ0v) is 9.28. The van der Waals surface area contributed by atoms with Gasteiger partial charge < -0.3 is 15.6 Å². The summed E-state index contributed by atoms with van der Waals surface area (Å²) < 4.78 is 5.50. The number of benzene rings is 1. The minimum absolute atomic E-state index is 0.226. The second-order valence-electron chi connectivity index (χ2n) is 3.70. The lowest BCUT2D eigenvalue weighted by molar-refractivity contribution is 0.289. The molecule has 4 nitrogen and oxygen atoms in total. The topological polar surface area (TPSA) is 68.4 Å². The molecule has 0 bridgehead atoms. The van der Waals surface area contributed by atoms with E-state index in [1.165, 1.54) is 0 Å². The first-order chi connectivity index (χ1) is 8.25. The maximum Gasteiger partial charge on any atom is 0.137 e. The minimum Gasteiger partial charge on any atom is -0.508 e. The van der Waals surface area contributed by atoms with Gasteiger partial charge in [-0.25, -0.2) is 0 Å². The fourth-order valence-electron chi connectivity index (χ4n) is 1.44. The van der Waals surface area contributed by atoms with Gasteiger partial charge in [-0.15, -0.1) is 0 Å². The Kier molecular flexibility index (Phi) is 3.57. The summed E-state index contributed by atoms with van der Waals surface area (Å²) in [5.41, 5.74) is 6.89. The van der Waals surface area contributed by atoms with Gasteiger partial charge in [-0.3, -0.25) is 4.98 Å². The molecule has 0 amide bonds. The molecular formula is C13H14N2O2. The number of ether oxygens (including phenoxy) is 1. The van der Waals surface area contributed by atoms with Crippen LogP contribution in [0.3, 0.4) is 0 Å². The van der Waals surface area contributed by atoms with Crippen molar-refractivity contribution in [2.75, 3.05) is 6.61 Å². The first-order valence-corrected chi connectivity index (χ1v) is 5.33. The van der Waals surface area contributed by atoms with Crippen molar-refractivity contribution in [3.8, 4) is 11.5 Å². The van der Waals surface area contributed by atoms with Crippen molar-refractivity contribution < 1.29 is 9.84 Å². The smallest absolute Gasteiger partial charge is 0.137 e. The third-order valence-electron chi connectivity index (χ3n) is 2.39. The van der Waals surface area contributed by atoms with Crippen LogP contribution in [-0.2, 0) is 0 Å². The molecule has 0 aliphatic carbocycles. The number of rotatable bonds is 4. The molecule has 2 rings (SSSR count). The highest BCUT2D eigenvalue weighted by atomic mass is 16.5. The highest BCUT2D eigenvalue weighted by Gasteiger charge is 2.06. The summed E-state index contributed by atoms with van der Waals surface area (Å²) in [6, 6.07) is 10.2. The molecule has 0 fully saturated rings. The van der Waals surface area contributed by atoms with Crippen molar-refractivity contribution in [3.63, 3.8) is 0 Å². The van der Waals surface area contributed by atoms with E-state index in [-0.39, 0.29) is 11.8 Å². The van der Waals surface area contributed by atoms with Gasteiger partial charge in [0.15, 0.2) is 0 Å². The van der Waals surface area contributed by atoms with Crippen molar-refractivity contribution in [2.45, 2.75) is 6.04 Å². The Morgan fingerprint density at radius 3 is 2.65 bits per heavy atom. The standard InChI is InChI=1S/C13H14N2O2/c14-13(10-3-5-11(16)6-4-10)9-17-12-2-1-7-15-8-12/h1-8,13,16H,9,14H2. The molecule has 2 aromatic rings. The Morgan fingerprint density at radius 2 is 2.00 bits per heavy atom. The summed E-state index contributed by atoms with van der Waals surface area (Å²) in [7, 11) is 0. The first-order valence-electron chi connectivity index (χ1n) is 5.33. The Balaban J connectivity index is 1.93. The van der Waals surface area contributed by atoms with Gasteiger partial charge in [0.05, 0.1) is 12.2 Å². The Hall–Kier alpha value is -2.07. The predicted octanol–water partition coefficient (Wildman–Crippen LogP) is 1.87. The number of aromatic hydroxyl groups is 1. The van der Waals surface area contributed by atoms with E-state index in [4.69, 9.17) is 15.6 Å². The van der Waals surface area contributed by atoms with Crippen LogP contribution in [0.15, 0.2) is 48.8 Å². The van der Waals surface area contributed by atoms with Gasteiger partial charge in [-0.1, -0.05) is 12.1 Å². The first kappa shape index (κ1) is 11.4. The number of phenolic OH excluding ortho intramolecular Hbond substituents is 1. The summed E-state index contributed by atoms with van der Waals surface area (Å²) in [4.78, 5) is 3.95. The van der Waals surface area contributed by atoms with Crippen molar-refractivity contribution in [1.29, 1.82) is 0 Å². The second-order valence-corrected chi connectivity index (χ2v) is 3.70. The fraction of sp³-hybridized carbons (Fsp3) is 0.154. The maximum atomic E-state index is 9.17. The van der Waals surface area contributed by atoms with Gasteiger partial charge >= 0.3 is 0 Å². The SMILES string of the molecule is NC(COc1cccnc1)c1ccc(O)cc1. The maximum absolute atomic E-state index is 9.17. The molecule has 0 spiro atoms. The summed E-state index contributed by atoms with van der Waals surface area (Å²) in [6.07, 6.45) is 3.33. The normalized spacial score (nSPS) is 12.1. The van der Waals surface area contributed by atoms with E-state index in [1.807, 2.05) is 6.07 Å². The lowest BCUT2D eigenvalue weighted by atomic mass is 10.1. The molecule has 17 heavy (non-hydrogen) atoms. The van der Waals surface area contributed by atoms with E-state index >= 15 is 0 Å². The predicted molar refractivity (Wildman–Crippen MR) is 64.8 cm³/mol. The third-order valence-corrected chi connectivity index (χ3v) is 2.39. The van der Waals surface area contributed by atoms with Crippen LogP contribution in [0, 0.1) is 0 Å². The molecule has 0 aliphatic rings. The lowest BCUT2D eigenvalue weighted by Gasteiger charge is -2.13. The van der Waals surface area contributed by atoms with Crippen molar-refractivity contribution >= 4 is 0 Å². The van der Waals surface area contributed by atoms with Crippen LogP contribution in [0.25, 0.3) is 0 Å². The van der Waals surface area contributed by atoms with Gasteiger partial charge in [0.25, 0.3) is 0 Å². The summed E-state index contributed by atoms with van der Waals surface area (Å²) in [5.74, 6) is 0.927. The highest BCUT2D eigenvalue weighted by Crippen LogP contribution is 2.16. The average molecular weight is 230 g/mol. The zero-order chi connectivity index (χ0) is 12.1. The number of nitrogens with zero attached hydrogens (tertiary/aromatic N) is 1. The van der Waals surface area contributed by atoms with Gasteiger partial charge in [0, 0.05) is 6.20 Å². The second kappa shape index (κ2) is 5.32. The summed E-state index contributed by atoms with van der Waals surface area (Å²) in [5, 5.41) is 9.17. The van der Waals surface area contributed by atoms with E-state index < -0.39 is 0 Å². The molecule has 1 unspecified atom stereocenters. The largest absolute Gasteiger partial charge is 0.508 e. The number of phenols is 1. The van der Waals surface area contributed by atoms with Crippen LogP contribution in [0.4, 0.5) is 0 Å². The van der Waals surface area contributed by atoms with Gasteiger partial charge in [0.1, 0.15) is 18.1 Å². The van der Waals surface area contributed by atoms with E-state index in [0.29, 0.717) is 12.4 Å². The van der Waals surface area contributed by atoms with Crippen LogP contribution >= 0.6 is 0 Å². The van der Waals surface area contributed by atoms with E-state index in [1.54, 1.807) is 42.7 Å². The van der Waals surface area contributed by atoms with Crippen molar-refractivity contribution in [3.05, 3.63) is 54.4 Å². The monoisotopic (exact) mass is 230 g/mol. The van der Waals surface area contributed by atoms with Crippen LogP contribution in [0.2, 0.25) is 0 Å². The van der Waals surface area contributed by atoms with Gasteiger partial charge in [-0.2, -0.15) is 0 Å². The van der Waals surface area contributed by atoms with Crippen LogP contribution in [-0.4, -0.2) is 16.7 Å². The van der Waals surface area contributed by atoms with Crippen LogP contribution < -0.4 is 10.5 Å². The molecule has 1 aromatic heterocycles. The highest BCUT2D eigenvalue weighted by molar-refractivity contribution is 5.28. The summed E-state index contributed by atoms with van der Waals surface area (Å²) in [6.45, 7) is 0.371. The molecule has 1 aromatic carbocycles. The molecule has 0 saturated heterocycles. The zero-order valence-electron chi connectivity index (χ0n) is 9.28. The number of hydrogen-bond donors (Lipinski definition) is 2. The Morgan fingerprint density at radius 1 is 1.24 bits per heavy atom. The lowest BCUT2D eigenvalue weighted by Crippen LogP contribution is -2.18. The van der Waals surface area contributed by atoms with Crippen LogP contribution in [0.1, 0.15) is 11.6 Å². The quantitative estimate of drug-likeness (QED) is 0.841. The Bertz CT molecular complexity index is 457. The van der Waals surface area contributed by atoms with E-state index in [0.717, 1.165) is 5.56 Å². The molecule has 1 heterocycles. The molecule has 3 N–H and O–H groups in total. The minimum atomic E-state index is -0.226. The molecule has 88 valence electrons. The van der Waals surface area contributed by atoms with Crippen LogP contribution in [0.5, 0.6) is 11.5 Å². The molecule has 1 atom stereocenters. The van der Waals surface area contributed by atoms with E-state index in [2.05, 4.69) is 4.98 Å². The number of nitrogens with two attached hydrogens (primary N) is 1. The summed E-state index contributed by atoms with van der Waals surface area (Å²) >= 11 is 0. The third kappa shape index (κ3) is 3.19. The van der Waals surface area contributed by atoms with Crippen molar-refractivity contribution in [1.82, 2.24) is 4.98 Å². The van der Waals surface area contributed by atoms with Gasteiger partial charge in [0.2, 0.25) is 0 Å². The number of pyridine rings is 1. The molecule has 0 saturated carbocycles. The molecule has 4 heteroatoms. The molecular weight excluding hydrogens is 216 g/mol. The Labute approximate surface area is 99.7 Å². The molecule has 0 radical (unpaired) electrons. The number of aromatic nitrogens is 1. The van der Waals surface area contributed by atoms with Crippen molar-refractivity contribution in [2.24, 2.45) is 5.73 Å². The fourth-order valence-corrected chi connectivity index (χ4v) is 1.44. The molecule has 0 aliphatic heterocycles.